The van der Waals surface area contributed by atoms with E-state index in [-0.39, 0.29) is 0 Å². The van der Waals surface area contributed by atoms with Crippen molar-refractivity contribution in [1.82, 2.24) is 19.3 Å². The summed E-state index contributed by atoms with van der Waals surface area (Å²) in [6.45, 7) is 4.54. The van der Waals surface area contributed by atoms with Crippen LogP contribution in [0.5, 0.6) is 0 Å². The highest BCUT2D eigenvalue weighted by atomic mass is 15.2. The van der Waals surface area contributed by atoms with Crippen molar-refractivity contribution < 1.29 is 0 Å². The monoisotopic (exact) mass is 271 g/mol. The van der Waals surface area contributed by atoms with Crippen LogP contribution < -0.4 is 5.73 Å². The highest BCUT2D eigenvalue weighted by molar-refractivity contribution is 5.70. The summed E-state index contributed by atoms with van der Waals surface area (Å²) in [5, 5.41) is 4.21. The van der Waals surface area contributed by atoms with E-state index in [2.05, 4.69) is 16.2 Å². The second-order valence-corrected chi connectivity index (χ2v) is 5.49. The molecule has 0 aliphatic heterocycles. The number of anilines is 1. The Morgan fingerprint density at radius 1 is 1.45 bits per heavy atom. The minimum atomic E-state index is 0.530. The molecule has 0 aromatic carbocycles. The van der Waals surface area contributed by atoms with Crippen LogP contribution in [0.15, 0.2) is 25.0 Å². The summed E-state index contributed by atoms with van der Waals surface area (Å²) >= 11 is 0. The molecule has 3 rings (SSSR count). The number of imidazole rings is 1. The normalized spacial score (nSPS) is 15.8. The van der Waals surface area contributed by atoms with E-state index in [0.717, 1.165) is 22.9 Å². The van der Waals surface area contributed by atoms with E-state index in [9.17, 15) is 0 Å². The molecule has 106 valence electrons. The maximum Gasteiger partial charge on any atom is 0.132 e. The SMILES string of the molecule is C=CCn1c(C2CCCC2)nc(-c2cnn(C)c2)c1N. The van der Waals surface area contributed by atoms with Crippen molar-refractivity contribution in [2.24, 2.45) is 7.05 Å². The number of rotatable bonds is 4. The number of aromatic nitrogens is 4. The van der Waals surface area contributed by atoms with Gasteiger partial charge in [0, 0.05) is 31.3 Å². The fourth-order valence-corrected chi connectivity index (χ4v) is 3.06. The van der Waals surface area contributed by atoms with Gasteiger partial charge < -0.3 is 10.3 Å². The molecule has 2 N–H and O–H groups in total. The minimum Gasteiger partial charge on any atom is -0.383 e. The second-order valence-electron chi connectivity index (χ2n) is 5.49. The van der Waals surface area contributed by atoms with E-state index in [1.54, 1.807) is 4.68 Å². The standard InChI is InChI=1S/C15H21N5/c1-3-8-20-14(16)13(12-9-17-19(2)10-12)18-15(20)11-6-4-5-7-11/h3,9-11H,1,4-8,16H2,2H3. The lowest BCUT2D eigenvalue weighted by molar-refractivity contribution is 0.618. The Hall–Kier alpha value is -2.04. The third kappa shape index (κ3) is 2.13. The third-order valence-electron chi connectivity index (χ3n) is 4.05. The predicted octanol–water partition coefficient (Wildman–Crippen LogP) is 2.71. The van der Waals surface area contributed by atoms with Crippen LogP contribution in [0.2, 0.25) is 0 Å². The molecule has 0 spiro atoms. The molecule has 0 bridgehead atoms. The summed E-state index contributed by atoms with van der Waals surface area (Å²) in [5.74, 6) is 2.36. The summed E-state index contributed by atoms with van der Waals surface area (Å²) in [7, 11) is 1.90. The van der Waals surface area contributed by atoms with Crippen molar-refractivity contribution in [2.45, 2.75) is 38.1 Å². The van der Waals surface area contributed by atoms with Crippen LogP contribution in [0, 0.1) is 0 Å². The van der Waals surface area contributed by atoms with Gasteiger partial charge in [-0.1, -0.05) is 18.9 Å². The fourth-order valence-electron chi connectivity index (χ4n) is 3.06. The maximum absolute atomic E-state index is 6.31. The van der Waals surface area contributed by atoms with E-state index in [4.69, 9.17) is 10.7 Å². The predicted molar refractivity (Wildman–Crippen MR) is 80.2 cm³/mol. The van der Waals surface area contributed by atoms with Gasteiger partial charge >= 0.3 is 0 Å². The number of nitrogens with zero attached hydrogens (tertiary/aromatic N) is 4. The van der Waals surface area contributed by atoms with Gasteiger partial charge in [-0.15, -0.1) is 6.58 Å². The molecule has 2 heterocycles. The lowest BCUT2D eigenvalue weighted by Crippen LogP contribution is -2.08. The highest BCUT2D eigenvalue weighted by Gasteiger charge is 2.25. The lowest BCUT2D eigenvalue weighted by Gasteiger charge is -2.11. The average Bonchev–Trinajstić information content (AvgIpc) is 3.13. The Morgan fingerprint density at radius 3 is 2.80 bits per heavy atom. The Balaban J connectivity index is 2.07. The van der Waals surface area contributed by atoms with Crippen LogP contribution in [-0.2, 0) is 13.6 Å². The number of hydrogen-bond acceptors (Lipinski definition) is 3. The molecule has 0 saturated heterocycles. The molecule has 5 nitrogen and oxygen atoms in total. The van der Waals surface area contributed by atoms with Gasteiger partial charge in [0.25, 0.3) is 0 Å². The van der Waals surface area contributed by atoms with Crippen molar-refractivity contribution in [2.75, 3.05) is 5.73 Å². The molecular weight excluding hydrogens is 250 g/mol. The summed E-state index contributed by atoms with van der Waals surface area (Å²) in [6.07, 6.45) is 10.6. The van der Waals surface area contributed by atoms with Gasteiger partial charge in [-0.25, -0.2) is 4.98 Å². The van der Waals surface area contributed by atoms with Gasteiger partial charge in [0.05, 0.1) is 6.20 Å². The number of allylic oxidation sites excluding steroid dienone is 1. The second kappa shape index (κ2) is 5.15. The molecule has 1 aliphatic carbocycles. The van der Waals surface area contributed by atoms with E-state index >= 15 is 0 Å². The molecule has 0 radical (unpaired) electrons. The fraction of sp³-hybridized carbons (Fsp3) is 0.467. The number of hydrogen-bond donors (Lipinski definition) is 1. The van der Waals surface area contributed by atoms with E-state index in [1.807, 2.05) is 25.5 Å². The van der Waals surface area contributed by atoms with Crippen molar-refractivity contribution in [3.05, 3.63) is 30.9 Å². The van der Waals surface area contributed by atoms with Crippen molar-refractivity contribution in [1.29, 1.82) is 0 Å². The molecule has 2 aromatic rings. The Morgan fingerprint density at radius 2 is 2.20 bits per heavy atom. The van der Waals surface area contributed by atoms with Gasteiger partial charge in [-0.2, -0.15) is 5.10 Å². The zero-order valence-corrected chi connectivity index (χ0v) is 11.9. The molecule has 0 unspecified atom stereocenters. The van der Waals surface area contributed by atoms with Gasteiger partial charge in [0.1, 0.15) is 17.3 Å². The molecule has 2 aromatic heterocycles. The maximum atomic E-state index is 6.31. The molecule has 0 atom stereocenters. The summed E-state index contributed by atoms with van der Waals surface area (Å²) in [4.78, 5) is 4.83. The quantitative estimate of drug-likeness (QED) is 0.870. The summed E-state index contributed by atoms with van der Waals surface area (Å²) in [6, 6.07) is 0. The van der Waals surface area contributed by atoms with E-state index in [0.29, 0.717) is 12.5 Å². The van der Waals surface area contributed by atoms with E-state index in [1.165, 1.54) is 25.7 Å². The molecule has 1 aliphatic rings. The van der Waals surface area contributed by atoms with Crippen molar-refractivity contribution >= 4 is 5.82 Å². The van der Waals surface area contributed by atoms with Crippen LogP contribution in [0.25, 0.3) is 11.3 Å². The average molecular weight is 271 g/mol. The Kier molecular flexibility index (Phi) is 3.34. The molecular formula is C15H21N5. The van der Waals surface area contributed by atoms with E-state index < -0.39 is 0 Å². The van der Waals surface area contributed by atoms with Crippen LogP contribution in [0.1, 0.15) is 37.4 Å². The number of nitrogen functional groups attached to an aromatic ring is 1. The van der Waals surface area contributed by atoms with Crippen molar-refractivity contribution in [3.8, 4) is 11.3 Å². The molecule has 0 amide bonds. The minimum absolute atomic E-state index is 0.530. The summed E-state index contributed by atoms with van der Waals surface area (Å²) in [5.41, 5.74) is 8.14. The Labute approximate surface area is 119 Å². The molecule has 1 saturated carbocycles. The van der Waals surface area contributed by atoms with Crippen LogP contribution in [0.3, 0.4) is 0 Å². The first-order valence-corrected chi connectivity index (χ1v) is 7.16. The topological polar surface area (TPSA) is 61.7 Å². The van der Waals surface area contributed by atoms with Gasteiger partial charge in [0.15, 0.2) is 0 Å². The molecule has 20 heavy (non-hydrogen) atoms. The molecule has 1 fully saturated rings. The first kappa shape index (κ1) is 13.0. The number of nitrogens with two attached hydrogens (primary N) is 1. The summed E-state index contributed by atoms with van der Waals surface area (Å²) < 4.78 is 3.88. The zero-order chi connectivity index (χ0) is 14.1. The van der Waals surface area contributed by atoms with Crippen LogP contribution >= 0.6 is 0 Å². The van der Waals surface area contributed by atoms with Crippen molar-refractivity contribution in [3.63, 3.8) is 0 Å². The van der Waals surface area contributed by atoms with Gasteiger partial charge in [-0.05, 0) is 12.8 Å². The zero-order valence-electron chi connectivity index (χ0n) is 11.9. The highest BCUT2D eigenvalue weighted by Crippen LogP contribution is 2.37. The largest absolute Gasteiger partial charge is 0.383 e. The third-order valence-corrected chi connectivity index (χ3v) is 4.05. The first-order chi connectivity index (χ1) is 9.70. The first-order valence-electron chi connectivity index (χ1n) is 7.16. The van der Waals surface area contributed by atoms with Crippen LogP contribution in [-0.4, -0.2) is 19.3 Å². The van der Waals surface area contributed by atoms with Crippen LogP contribution in [0.4, 0.5) is 5.82 Å². The smallest absolute Gasteiger partial charge is 0.132 e. The Bertz CT molecular complexity index is 616. The molecule has 5 heteroatoms. The lowest BCUT2D eigenvalue weighted by atomic mass is 10.1. The van der Waals surface area contributed by atoms with Gasteiger partial charge in [0.2, 0.25) is 0 Å². The number of aryl methyl sites for hydroxylation is 1. The van der Waals surface area contributed by atoms with Gasteiger partial charge in [-0.3, -0.25) is 4.68 Å².